The standard InChI is InChI=1S/C16H16BrN3O3/c1-10(16(22)23)20(12-5-6-12)15(21)14-7-8-19(18-14)13-4-2-3-11(17)9-13/h2-4,7-10,12H,5-6H2,1H3,(H,22,23). The third kappa shape index (κ3) is 3.29. The highest BCUT2D eigenvalue weighted by Crippen LogP contribution is 2.30. The topological polar surface area (TPSA) is 75.4 Å². The molecule has 1 fully saturated rings. The van der Waals surface area contributed by atoms with E-state index in [1.165, 1.54) is 11.8 Å². The molecule has 1 aliphatic carbocycles. The smallest absolute Gasteiger partial charge is 0.326 e. The lowest BCUT2D eigenvalue weighted by atomic mass is 10.2. The van der Waals surface area contributed by atoms with Crippen LogP contribution in [0.25, 0.3) is 5.69 Å². The number of halogens is 1. The molecule has 0 bridgehead atoms. The number of nitrogens with zero attached hydrogens (tertiary/aromatic N) is 3. The number of benzene rings is 1. The van der Waals surface area contributed by atoms with Gasteiger partial charge in [0.1, 0.15) is 6.04 Å². The highest BCUT2D eigenvalue weighted by molar-refractivity contribution is 9.10. The lowest BCUT2D eigenvalue weighted by molar-refractivity contribution is -0.141. The third-order valence-electron chi connectivity index (χ3n) is 3.83. The van der Waals surface area contributed by atoms with Gasteiger partial charge in [-0.1, -0.05) is 22.0 Å². The van der Waals surface area contributed by atoms with Crippen LogP contribution in [0.2, 0.25) is 0 Å². The molecule has 2 aromatic rings. The predicted octanol–water partition coefficient (Wildman–Crippen LogP) is 2.71. The maximum Gasteiger partial charge on any atom is 0.326 e. The second-order valence-electron chi connectivity index (χ2n) is 5.58. The van der Waals surface area contributed by atoms with Crippen molar-refractivity contribution in [3.8, 4) is 5.69 Å². The van der Waals surface area contributed by atoms with E-state index in [4.69, 9.17) is 0 Å². The number of rotatable bonds is 5. The zero-order valence-electron chi connectivity index (χ0n) is 12.5. The molecule has 1 atom stereocenters. The Morgan fingerprint density at radius 1 is 1.39 bits per heavy atom. The van der Waals surface area contributed by atoms with Crippen molar-refractivity contribution in [2.45, 2.75) is 31.8 Å². The summed E-state index contributed by atoms with van der Waals surface area (Å²) >= 11 is 3.40. The molecule has 0 saturated heterocycles. The quantitative estimate of drug-likeness (QED) is 0.868. The molecular formula is C16H16BrN3O3. The highest BCUT2D eigenvalue weighted by atomic mass is 79.9. The Bertz CT molecular complexity index is 755. The number of carbonyl (C=O) groups is 2. The van der Waals surface area contributed by atoms with Crippen molar-refractivity contribution in [3.63, 3.8) is 0 Å². The van der Waals surface area contributed by atoms with Gasteiger partial charge in [-0.15, -0.1) is 0 Å². The molecule has 1 heterocycles. The minimum absolute atomic E-state index is 0.00428. The van der Waals surface area contributed by atoms with Crippen LogP contribution in [0.15, 0.2) is 41.0 Å². The molecule has 1 saturated carbocycles. The summed E-state index contributed by atoms with van der Waals surface area (Å²) < 4.78 is 2.52. The van der Waals surface area contributed by atoms with Crippen LogP contribution in [0, 0.1) is 0 Å². The van der Waals surface area contributed by atoms with E-state index in [1.54, 1.807) is 16.9 Å². The molecule has 0 spiro atoms. The Balaban J connectivity index is 1.86. The highest BCUT2D eigenvalue weighted by Gasteiger charge is 2.39. The second kappa shape index (κ2) is 6.16. The Morgan fingerprint density at radius 3 is 2.74 bits per heavy atom. The molecule has 1 amide bonds. The maximum atomic E-state index is 12.7. The van der Waals surface area contributed by atoms with Gasteiger partial charge < -0.3 is 10.0 Å². The van der Waals surface area contributed by atoms with Gasteiger partial charge in [-0.05, 0) is 44.0 Å². The van der Waals surface area contributed by atoms with Gasteiger partial charge in [0.15, 0.2) is 5.69 Å². The summed E-state index contributed by atoms with van der Waals surface area (Å²) in [4.78, 5) is 25.3. The fourth-order valence-corrected chi connectivity index (χ4v) is 2.85. The van der Waals surface area contributed by atoms with Crippen molar-refractivity contribution < 1.29 is 14.7 Å². The van der Waals surface area contributed by atoms with E-state index in [0.717, 1.165) is 23.0 Å². The first kappa shape index (κ1) is 15.7. The van der Waals surface area contributed by atoms with Gasteiger partial charge in [-0.3, -0.25) is 4.79 Å². The second-order valence-corrected chi connectivity index (χ2v) is 6.50. The van der Waals surface area contributed by atoms with Gasteiger partial charge in [0, 0.05) is 16.7 Å². The molecule has 1 aromatic heterocycles. The summed E-state index contributed by atoms with van der Waals surface area (Å²) in [6, 6.07) is 8.32. The molecule has 1 unspecified atom stereocenters. The van der Waals surface area contributed by atoms with Crippen molar-refractivity contribution in [3.05, 3.63) is 46.7 Å². The van der Waals surface area contributed by atoms with Crippen LogP contribution in [-0.4, -0.2) is 43.7 Å². The average Bonchev–Trinajstić information content (AvgIpc) is 3.22. The molecule has 23 heavy (non-hydrogen) atoms. The van der Waals surface area contributed by atoms with Crippen LogP contribution in [0.5, 0.6) is 0 Å². The molecule has 1 aliphatic rings. The van der Waals surface area contributed by atoms with Crippen LogP contribution in [-0.2, 0) is 4.79 Å². The van der Waals surface area contributed by atoms with Crippen molar-refractivity contribution in [1.29, 1.82) is 0 Å². The molecule has 3 rings (SSSR count). The molecule has 120 valence electrons. The largest absolute Gasteiger partial charge is 0.480 e. The fourth-order valence-electron chi connectivity index (χ4n) is 2.46. The lowest BCUT2D eigenvalue weighted by Gasteiger charge is -2.25. The first-order chi connectivity index (χ1) is 11.0. The van der Waals surface area contributed by atoms with Crippen LogP contribution < -0.4 is 0 Å². The van der Waals surface area contributed by atoms with Gasteiger partial charge in [-0.25, -0.2) is 9.48 Å². The Labute approximate surface area is 141 Å². The van der Waals surface area contributed by atoms with Gasteiger partial charge in [0.05, 0.1) is 5.69 Å². The summed E-state index contributed by atoms with van der Waals surface area (Å²) in [6.07, 6.45) is 3.39. The Hall–Kier alpha value is -2.15. The van der Waals surface area contributed by atoms with Crippen LogP contribution in [0.1, 0.15) is 30.3 Å². The van der Waals surface area contributed by atoms with E-state index in [9.17, 15) is 14.7 Å². The van der Waals surface area contributed by atoms with Crippen LogP contribution in [0.3, 0.4) is 0 Å². The number of aromatic nitrogens is 2. The number of carbonyl (C=O) groups excluding carboxylic acids is 1. The number of aliphatic carboxylic acids is 1. The summed E-state index contributed by atoms with van der Waals surface area (Å²) in [5.41, 5.74) is 1.08. The van der Waals surface area contributed by atoms with Crippen LogP contribution >= 0.6 is 15.9 Å². The Morgan fingerprint density at radius 2 is 2.13 bits per heavy atom. The van der Waals surface area contributed by atoms with E-state index in [2.05, 4.69) is 21.0 Å². The van der Waals surface area contributed by atoms with Gasteiger partial charge in [0.2, 0.25) is 0 Å². The SMILES string of the molecule is CC(C(=O)O)N(C(=O)c1ccn(-c2cccc(Br)c2)n1)C1CC1. The number of hydrogen-bond acceptors (Lipinski definition) is 3. The molecule has 1 N–H and O–H groups in total. The summed E-state index contributed by atoms with van der Waals surface area (Å²) in [5, 5.41) is 13.5. The first-order valence-corrected chi connectivity index (χ1v) is 8.14. The van der Waals surface area contributed by atoms with E-state index >= 15 is 0 Å². The lowest BCUT2D eigenvalue weighted by Crippen LogP contribution is -2.44. The monoisotopic (exact) mass is 377 g/mol. The molecular weight excluding hydrogens is 362 g/mol. The van der Waals surface area contributed by atoms with Crippen molar-refractivity contribution in [2.24, 2.45) is 0 Å². The molecule has 0 radical (unpaired) electrons. The summed E-state index contributed by atoms with van der Waals surface area (Å²) in [7, 11) is 0. The zero-order valence-corrected chi connectivity index (χ0v) is 14.1. The first-order valence-electron chi connectivity index (χ1n) is 7.34. The van der Waals surface area contributed by atoms with E-state index < -0.39 is 12.0 Å². The third-order valence-corrected chi connectivity index (χ3v) is 4.32. The van der Waals surface area contributed by atoms with E-state index in [0.29, 0.717) is 0 Å². The van der Waals surface area contributed by atoms with Gasteiger partial charge in [0.25, 0.3) is 5.91 Å². The summed E-state index contributed by atoms with van der Waals surface area (Å²) in [5.74, 6) is -1.34. The minimum atomic E-state index is -1.00. The molecule has 0 aliphatic heterocycles. The van der Waals surface area contributed by atoms with Crippen LogP contribution in [0.4, 0.5) is 0 Å². The number of carboxylic acids is 1. The Kier molecular flexibility index (Phi) is 4.21. The van der Waals surface area contributed by atoms with E-state index in [1.807, 2.05) is 24.3 Å². The predicted molar refractivity (Wildman–Crippen MR) is 87.6 cm³/mol. The molecule has 7 heteroatoms. The van der Waals surface area contributed by atoms with E-state index in [-0.39, 0.29) is 17.6 Å². The minimum Gasteiger partial charge on any atom is -0.480 e. The number of hydrogen-bond donors (Lipinski definition) is 1. The van der Waals surface area contributed by atoms with Crippen molar-refractivity contribution >= 4 is 27.8 Å². The van der Waals surface area contributed by atoms with Crippen molar-refractivity contribution in [1.82, 2.24) is 14.7 Å². The molecule has 1 aromatic carbocycles. The summed E-state index contributed by atoms with van der Waals surface area (Å²) in [6.45, 7) is 1.53. The zero-order chi connectivity index (χ0) is 16.6. The maximum absolute atomic E-state index is 12.7. The molecule has 6 nitrogen and oxygen atoms in total. The van der Waals surface area contributed by atoms with Crippen molar-refractivity contribution in [2.75, 3.05) is 0 Å². The van der Waals surface area contributed by atoms with Gasteiger partial charge in [-0.2, -0.15) is 5.10 Å². The number of amides is 1. The average molecular weight is 378 g/mol. The van der Waals surface area contributed by atoms with Gasteiger partial charge >= 0.3 is 5.97 Å². The number of carboxylic acid groups (broad SMARTS) is 1. The normalized spacial score (nSPS) is 15.2. The fraction of sp³-hybridized carbons (Fsp3) is 0.312.